The van der Waals surface area contributed by atoms with E-state index in [1.807, 2.05) is 76.9 Å². The molecule has 10 nitrogen and oxygen atoms in total. The standard InChI is InChI=1S/C37H48ClN5O5S/c1-8-11-31(22-29(38)18-19-39)43(26-49)35(46)37(5,6)42(7)30-15-12-27(13-16-30)28-14-17-34(40-23-28)48-21-10-9-20-47-25-33(45)41-32(24-44)36(2,3)4/h8,11-12,14-15,17,22-24,26,32H,1,9-10,13,16,18,20-21,25H2,2-7H3,(H,41,45)/b29-22+,31-11+. The first-order valence-corrected chi connectivity index (χ1v) is 16.9. The minimum absolute atomic E-state index is 0.00950. The van der Waals surface area contributed by atoms with E-state index < -0.39 is 11.6 Å². The number of rotatable bonds is 19. The summed E-state index contributed by atoms with van der Waals surface area (Å²) in [5.41, 5.74) is 3.48. The van der Waals surface area contributed by atoms with Crippen molar-refractivity contribution < 1.29 is 23.9 Å². The van der Waals surface area contributed by atoms with Gasteiger partial charge < -0.3 is 24.5 Å². The van der Waals surface area contributed by atoms with Crippen molar-refractivity contribution in [2.24, 2.45) is 5.41 Å². The summed E-state index contributed by atoms with van der Waals surface area (Å²) in [6.45, 7) is 13.8. The lowest BCUT2D eigenvalue weighted by molar-refractivity contribution is -0.135. The second kappa shape index (κ2) is 19.8. The first-order valence-electron chi connectivity index (χ1n) is 16.1. The lowest BCUT2D eigenvalue weighted by Crippen LogP contribution is -2.53. The molecule has 1 atom stereocenters. The maximum atomic E-state index is 13.8. The fourth-order valence-electron chi connectivity index (χ4n) is 4.75. The van der Waals surface area contributed by atoms with Crippen LogP contribution in [0, 0.1) is 16.7 Å². The highest BCUT2D eigenvalue weighted by Gasteiger charge is 2.37. The SMILES string of the molecule is C=C/C=C(\C=C(\Cl)CC#N)N(C=S)C(=O)C(C)(C)N(C)C1=CC=C(c2ccc(OCCCCOCC(=O)NC(C=O)C(C)(C)C)nc2)CC1. The van der Waals surface area contributed by atoms with Crippen molar-refractivity contribution in [3.8, 4) is 11.9 Å². The van der Waals surface area contributed by atoms with E-state index >= 15 is 0 Å². The van der Waals surface area contributed by atoms with E-state index in [0.717, 1.165) is 42.4 Å². The van der Waals surface area contributed by atoms with Crippen LogP contribution in [0.3, 0.4) is 0 Å². The van der Waals surface area contributed by atoms with Crippen LogP contribution in [0.2, 0.25) is 0 Å². The molecule has 0 fully saturated rings. The van der Waals surface area contributed by atoms with Crippen molar-refractivity contribution >= 4 is 53.0 Å². The molecule has 1 aromatic heterocycles. The van der Waals surface area contributed by atoms with Crippen LogP contribution in [0.1, 0.15) is 72.3 Å². The van der Waals surface area contributed by atoms with Gasteiger partial charge in [0, 0.05) is 36.6 Å². The summed E-state index contributed by atoms with van der Waals surface area (Å²) < 4.78 is 11.2. The van der Waals surface area contributed by atoms with Gasteiger partial charge in [-0.3, -0.25) is 14.5 Å². The first-order chi connectivity index (χ1) is 23.2. The Morgan fingerprint density at radius 1 is 1.18 bits per heavy atom. The summed E-state index contributed by atoms with van der Waals surface area (Å²) in [5, 5.41) is 11.9. The molecule has 12 heteroatoms. The number of allylic oxidation sites excluding steroid dienone is 8. The average molecular weight is 710 g/mol. The fraction of sp³-hybridized carbons (Fsp3) is 0.459. The van der Waals surface area contributed by atoms with Gasteiger partial charge in [-0.1, -0.05) is 63.3 Å². The molecule has 0 saturated heterocycles. The summed E-state index contributed by atoms with van der Waals surface area (Å²) in [7, 11) is 1.88. The van der Waals surface area contributed by atoms with Crippen LogP contribution in [-0.2, 0) is 19.1 Å². The Morgan fingerprint density at radius 3 is 2.45 bits per heavy atom. The second-order valence-corrected chi connectivity index (χ2v) is 13.7. The number of amides is 2. The average Bonchev–Trinajstić information content (AvgIpc) is 3.06. The summed E-state index contributed by atoms with van der Waals surface area (Å²) in [5.74, 6) is -0.0475. The van der Waals surface area contributed by atoms with Gasteiger partial charge in [-0.25, -0.2) is 4.98 Å². The zero-order valence-electron chi connectivity index (χ0n) is 29.3. The third-order valence-electron chi connectivity index (χ3n) is 8.02. The van der Waals surface area contributed by atoms with Crippen LogP contribution >= 0.6 is 23.8 Å². The van der Waals surface area contributed by atoms with Crippen molar-refractivity contribution in [3.05, 3.63) is 77.3 Å². The molecule has 264 valence electrons. The Morgan fingerprint density at radius 2 is 1.90 bits per heavy atom. The smallest absolute Gasteiger partial charge is 0.257 e. The molecule has 0 saturated carbocycles. The zero-order chi connectivity index (χ0) is 36.6. The summed E-state index contributed by atoms with van der Waals surface area (Å²) in [4.78, 5) is 44.8. The number of pyridine rings is 1. The largest absolute Gasteiger partial charge is 0.478 e. The van der Waals surface area contributed by atoms with Crippen molar-refractivity contribution in [3.63, 3.8) is 0 Å². The van der Waals surface area contributed by atoms with E-state index in [0.29, 0.717) is 31.2 Å². The Balaban J connectivity index is 1.91. The van der Waals surface area contributed by atoms with Crippen molar-refractivity contribution in [1.82, 2.24) is 20.1 Å². The van der Waals surface area contributed by atoms with Gasteiger partial charge in [0.25, 0.3) is 5.91 Å². The van der Waals surface area contributed by atoms with Gasteiger partial charge in [0.15, 0.2) is 0 Å². The van der Waals surface area contributed by atoms with Crippen LogP contribution in [-0.4, -0.2) is 76.8 Å². The molecule has 2 rings (SSSR count). The van der Waals surface area contributed by atoms with Gasteiger partial charge in [0.05, 0.1) is 36.3 Å². The number of nitrogens with zero attached hydrogens (tertiary/aromatic N) is 4. The number of halogens is 1. The molecule has 49 heavy (non-hydrogen) atoms. The molecule has 0 bridgehead atoms. The van der Waals surface area contributed by atoms with E-state index in [2.05, 4.69) is 16.9 Å². The third kappa shape index (κ3) is 12.7. The van der Waals surface area contributed by atoms with Crippen LogP contribution in [0.25, 0.3) is 5.57 Å². The number of unbranched alkanes of at least 4 members (excludes halogenated alkanes) is 1. The van der Waals surface area contributed by atoms with Gasteiger partial charge in [0.1, 0.15) is 18.4 Å². The maximum absolute atomic E-state index is 13.8. The lowest BCUT2D eigenvalue weighted by Gasteiger charge is -2.40. The number of hydrogen-bond donors (Lipinski definition) is 1. The van der Waals surface area contributed by atoms with E-state index in [1.165, 1.54) is 16.5 Å². The number of nitriles is 1. The second-order valence-electron chi connectivity index (χ2n) is 13.0. The van der Waals surface area contributed by atoms with Gasteiger partial charge in [0.2, 0.25) is 11.8 Å². The molecule has 1 aromatic rings. The normalized spacial score (nSPS) is 14.4. The van der Waals surface area contributed by atoms with Crippen LogP contribution < -0.4 is 10.1 Å². The van der Waals surface area contributed by atoms with E-state index in [1.54, 1.807) is 18.3 Å². The minimum atomic E-state index is -0.962. The lowest BCUT2D eigenvalue weighted by atomic mass is 9.88. The molecule has 1 heterocycles. The molecule has 1 aliphatic carbocycles. The fourth-order valence-corrected chi connectivity index (χ4v) is 5.14. The molecular weight excluding hydrogens is 662 g/mol. The quantitative estimate of drug-likeness (QED) is 0.0728. The van der Waals surface area contributed by atoms with Gasteiger partial charge in [-0.05, 0) is 80.4 Å². The number of ether oxygens (including phenoxy) is 2. The number of carbonyl (C=O) groups excluding carboxylic acids is 3. The number of nitrogens with one attached hydrogen (secondary N) is 1. The number of aromatic nitrogens is 1. The minimum Gasteiger partial charge on any atom is -0.478 e. The number of thiocarbonyl (C=S) groups is 1. The molecule has 1 aliphatic rings. The highest BCUT2D eigenvalue weighted by Crippen LogP contribution is 2.32. The predicted molar refractivity (Wildman–Crippen MR) is 197 cm³/mol. The number of carbonyl (C=O) groups is 3. The van der Waals surface area contributed by atoms with E-state index in [9.17, 15) is 14.4 Å². The van der Waals surface area contributed by atoms with Crippen LogP contribution in [0.15, 0.2) is 71.7 Å². The number of hydrogen-bond acceptors (Lipinski definition) is 9. The van der Waals surface area contributed by atoms with E-state index in [4.69, 9.17) is 38.6 Å². The van der Waals surface area contributed by atoms with Crippen molar-refractivity contribution in [2.75, 3.05) is 26.9 Å². The molecule has 1 N–H and O–H groups in total. The molecule has 0 aromatic carbocycles. The Labute approximate surface area is 301 Å². The van der Waals surface area contributed by atoms with Gasteiger partial charge in [-0.2, -0.15) is 5.26 Å². The molecule has 0 spiro atoms. The number of likely N-dealkylation sites (N-methyl/N-ethyl adjacent to an activating group) is 1. The predicted octanol–water partition coefficient (Wildman–Crippen LogP) is 6.65. The van der Waals surface area contributed by atoms with Crippen LogP contribution in [0.4, 0.5) is 0 Å². The topological polar surface area (TPSA) is 125 Å². The Kier molecular flexibility index (Phi) is 16.6. The molecular formula is C37H48ClN5O5S. The Hall–Kier alpha value is -4.11. The maximum Gasteiger partial charge on any atom is 0.257 e. The van der Waals surface area contributed by atoms with Crippen molar-refractivity contribution in [2.45, 2.75) is 78.3 Å². The first kappa shape index (κ1) is 41.1. The van der Waals surface area contributed by atoms with Crippen LogP contribution in [0.5, 0.6) is 5.88 Å². The highest BCUT2D eigenvalue weighted by atomic mass is 35.5. The zero-order valence-corrected chi connectivity index (χ0v) is 30.9. The molecule has 2 amide bonds. The summed E-state index contributed by atoms with van der Waals surface area (Å²) in [6.07, 6.45) is 14.2. The molecule has 0 radical (unpaired) electrons. The molecule has 1 unspecified atom stereocenters. The summed E-state index contributed by atoms with van der Waals surface area (Å²) in [6, 6.07) is 5.25. The Bertz CT molecular complexity index is 1500. The van der Waals surface area contributed by atoms with E-state index in [-0.39, 0.29) is 35.3 Å². The molecule has 0 aliphatic heterocycles. The monoisotopic (exact) mass is 709 g/mol. The number of aldehydes is 1. The van der Waals surface area contributed by atoms with Gasteiger partial charge in [-0.15, -0.1) is 0 Å². The third-order valence-corrected chi connectivity index (χ3v) is 8.48. The highest BCUT2D eigenvalue weighted by molar-refractivity contribution is 7.78. The van der Waals surface area contributed by atoms with Gasteiger partial charge >= 0.3 is 0 Å². The van der Waals surface area contributed by atoms with Crippen molar-refractivity contribution in [1.29, 1.82) is 5.26 Å². The summed E-state index contributed by atoms with van der Waals surface area (Å²) >= 11 is 11.4.